The van der Waals surface area contributed by atoms with Crippen LogP contribution in [0.2, 0.25) is 5.02 Å². The molecule has 2 aromatic rings. The highest BCUT2D eigenvalue weighted by Crippen LogP contribution is 2.35. The minimum atomic E-state index is -4.20. The van der Waals surface area contributed by atoms with Gasteiger partial charge in [-0.15, -0.1) is 0 Å². The number of benzene rings is 2. The topological polar surface area (TPSA) is 125 Å². The van der Waals surface area contributed by atoms with E-state index in [2.05, 4.69) is 17.2 Å². The van der Waals surface area contributed by atoms with Crippen LogP contribution in [0, 0.1) is 0 Å². The van der Waals surface area contributed by atoms with E-state index in [0.717, 1.165) is 41.3 Å². The van der Waals surface area contributed by atoms with E-state index in [1.54, 1.807) is 36.4 Å². The number of carbonyl (C=O) groups is 3. The Morgan fingerprint density at radius 3 is 1.92 bits per heavy atom. The average Bonchev–Trinajstić information content (AvgIpc) is 3.40. The van der Waals surface area contributed by atoms with Crippen LogP contribution < -0.4 is 5.32 Å². The Balaban J connectivity index is 1.43. The first kappa shape index (κ1) is 41.3. The van der Waals surface area contributed by atoms with Crippen LogP contribution in [0.3, 0.4) is 0 Å². The summed E-state index contributed by atoms with van der Waals surface area (Å²) in [5.41, 5.74) is 0.365. The molecule has 2 heterocycles. The Labute approximate surface area is 315 Å². The maximum atomic E-state index is 14.2. The van der Waals surface area contributed by atoms with Crippen molar-refractivity contribution in [1.82, 2.24) is 9.21 Å². The number of anilines is 1. The van der Waals surface area contributed by atoms with Gasteiger partial charge in [0, 0.05) is 6.54 Å². The maximum Gasteiger partial charge on any atom is 0.418 e. The molecule has 0 bridgehead atoms. The number of halogens is 1. The summed E-state index contributed by atoms with van der Waals surface area (Å²) in [6.45, 7) is 4.23. The predicted molar refractivity (Wildman–Crippen MR) is 207 cm³/mol. The molecule has 3 amide bonds. The largest absolute Gasteiger partial charge is 0.436 e. The van der Waals surface area contributed by atoms with Crippen LogP contribution in [-0.4, -0.2) is 60.1 Å². The molecule has 52 heavy (non-hydrogen) atoms. The van der Waals surface area contributed by atoms with Crippen molar-refractivity contribution in [3.63, 3.8) is 0 Å². The molecule has 12 heteroatoms. The minimum Gasteiger partial charge on any atom is -0.436 e. The summed E-state index contributed by atoms with van der Waals surface area (Å²) in [5.74, 6) is -1.77. The van der Waals surface area contributed by atoms with Gasteiger partial charge in [-0.2, -0.15) is 0 Å². The summed E-state index contributed by atoms with van der Waals surface area (Å²) in [5, 5.41) is 2.94. The van der Waals surface area contributed by atoms with E-state index >= 15 is 0 Å². The van der Waals surface area contributed by atoms with E-state index in [4.69, 9.17) is 16.3 Å². The van der Waals surface area contributed by atoms with Crippen LogP contribution in [0.4, 0.5) is 16.2 Å². The quantitative estimate of drug-likeness (QED) is 0.106. The smallest absolute Gasteiger partial charge is 0.418 e. The van der Waals surface area contributed by atoms with Gasteiger partial charge in [-0.05, 0) is 43.5 Å². The summed E-state index contributed by atoms with van der Waals surface area (Å²) in [7, 11) is -4.20. The van der Waals surface area contributed by atoms with E-state index < -0.39 is 40.1 Å². The highest BCUT2D eigenvalue weighted by atomic mass is 35.5. The molecule has 1 N–H and O–H groups in total. The zero-order valence-corrected chi connectivity index (χ0v) is 32.6. The number of hydrogen-bond donors (Lipinski definition) is 1. The van der Waals surface area contributed by atoms with Crippen LogP contribution in [0.5, 0.6) is 0 Å². The molecule has 0 radical (unpaired) electrons. The third kappa shape index (κ3) is 11.3. The van der Waals surface area contributed by atoms with Crippen molar-refractivity contribution in [1.29, 1.82) is 0 Å². The van der Waals surface area contributed by atoms with Gasteiger partial charge >= 0.3 is 6.09 Å². The number of nitrogens with one attached hydrogen (secondary N) is 1. The lowest BCUT2D eigenvalue weighted by Crippen LogP contribution is -2.58. The lowest BCUT2D eigenvalue weighted by molar-refractivity contribution is -0.133. The molecular weight excluding hydrogens is 700 g/mol. The van der Waals surface area contributed by atoms with E-state index in [-0.39, 0.29) is 40.1 Å². The number of carbonyl (C=O) groups excluding carboxylic acids is 3. The summed E-state index contributed by atoms with van der Waals surface area (Å²) in [6.07, 6.45) is 18.5. The van der Waals surface area contributed by atoms with Gasteiger partial charge in [0.05, 0.1) is 16.4 Å². The molecule has 2 aliphatic rings. The molecule has 2 aromatic carbocycles. The molecular formula is C40H57ClN4O6S. The van der Waals surface area contributed by atoms with Crippen LogP contribution in [-0.2, 0) is 24.3 Å². The standard InChI is InChI=1S/C40H57ClN4O6S/c1-3-5-7-8-9-10-11-12-13-14-15-16-17-18-19-24-30-44-37(42-33-27-22-23-29-35(33)52(44,49)50)36(38(46)43-32-26-21-20-25-31(32)41)45-39(47)34(28-6-4-2)51-40(45)48/h20-23,25-27,29,34,36H,3-19,24,28,30H2,1-2H3,(H,43,46). The molecule has 4 rings (SSSR count). The number of sulfonamides is 1. The number of hydrogen-bond acceptors (Lipinski definition) is 7. The van der Waals surface area contributed by atoms with Gasteiger partial charge in [-0.3, -0.25) is 13.9 Å². The van der Waals surface area contributed by atoms with Crippen LogP contribution in [0.15, 0.2) is 58.4 Å². The van der Waals surface area contributed by atoms with Crippen molar-refractivity contribution < 1.29 is 27.5 Å². The van der Waals surface area contributed by atoms with Crippen molar-refractivity contribution in [2.45, 2.75) is 153 Å². The van der Waals surface area contributed by atoms with Crippen molar-refractivity contribution in [3.05, 3.63) is 53.6 Å². The highest BCUT2D eigenvalue weighted by molar-refractivity contribution is 7.90. The minimum absolute atomic E-state index is 0.00310. The Hall–Kier alpha value is -3.44. The molecule has 0 aliphatic carbocycles. The SMILES string of the molecule is CCCCCCCCCCCCCCCCCCN1C(C(C(=O)Nc2ccccc2Cl)N2C(=O)OC(CCCC)C2=O)=Nc2ccccc2S1(=O)=O. The second-order valence-corrected chi connectivity index (χ2v) is 16.2. The molecule has 10 nitrogen and oxygen atoms in total. The van der Waals surface area contributed by atoms with Gasteiger partial charge < -0.3 is 10.1 Å². The molecule has 2 atom stereocenters. The predicted octanol–water partition coefficient (Wildman–Crippen LogP) is 10.2. The number of imide groups is 1. The molecule has 0 spiro atoms. The Morgan fingerprint density at radius 1 is 0.788 bits per heavy atom. The zero-order valence-electron chi connectivity index (χ0n) is 31.0. The number of fused-ring (bicyclic) bond motifs is 1. The average molecular weight is 757 g/mol. The van der Waals surface area contributed by atoms with Gasteiger partial charge in [-0.1, -0.05) is 152 Å². The van der Waals surface area contributed by atoms with Gasteiger partial charge in [0.25, 0.3) is 21.8 Å². The summed E-state index contributed by atoms with van der Waals surface area (Å²) < 4.78 is 34.9. The number of para-hydroxylation sites is 2. The van der Waals surface area contributed by atoms with Crippen molar-refractivity contribution >= 4 is 56.7 Å². The van der Waals surface area contributed by atoms with Gasteiger partial charge in [0.15, 0.2) is 18.0 Å². The first-order valence-corrected chi connectivity index (χ1v) is 21.3. The third-order valence-electron chi connectivity index (χ3n) is 9.79. The monoisotopic (exact) mass is 756 g/mol. The Kier molecular flexibility index (Phi) is 16.9. The normalized spacial score (nSPS) is 17.1. The summed E-state index contributed by atoms with van der Waals surface area (Å²) in [6, 6.07) is 11.1. The molecule has 1 saturated heterocycles. The van der Waals surface area contributed by atoms with Crippen LogP contribution in [0.1, 0.15) is 136 Å². The van der Waals surface area contributed by atoms with E-state index in [1.807, 2.05) is 6.92 Å². The van der Waals surface area contributed by atoms with Crippen LogP contribution in [0.25, 0.3) is 0 Å². The second kappa shape index (κ2) is 21.3. The van der Waals surface area contributed by atoms with Gasteiger partial charge in [0.1, 0.15) is 4.90 Å². The number of rotatable bonds is 24. The number of nitrogens with zero attached hydrogens (tertiary/aromatic N) is 3. The lowest BCUT2D eigenvalue weighted by atomic mass is 10.0. The fourth-order valence-corrected chi connectivity index (χ4v) is 8.62. The molecule has 2 unspecified atom stereocenters. The van der Waals surface area contributed by atoms with Crippen molar-refractivity contribution in [2.75, 3.05) is 11.9 Å². The number of ether oxygens (including phenoxy) is 1. The van der Waals surface area contributed by atoms with E-state index in [9.17, 15) is 22.8 Å². The fraction of sp³-hybridized carbons (Fsp3) is 0.600. The molecule has 2 aliphatic heterocycles. The highest BCUT2D eigenvalue weighted by Gasteiger charge is 2.52. The zero-order chi connectivity index (χ0) is 37.3. The van der Waals surface area contributed by atoms with Crippen molar-refractivity contribution in [3.8, 4) is 0 Å². The van der Waals surface area contributed by atoms with E-state index in [1.165, 1.54) is 82.8 Å². The Bertz CT molecular complexity index is 1620. The van der Waals surface area contributed by atoms with Crippen molar-refractivity contribution in [2.24, 2.45) is 4.99 Å². The number of unbranched alkanes of at least 4 members (excludes halogenated alkanes) is 16. The van der Waals surface area contributed by atoms with E-state index in [0.29, 0.717) is 12.8 Å². The second-order valence-electron chi connectivity index (χ2n) is 13.9. The fourth-order valence-electron chi connectivity index (χ4n) is 6.82. The number of amides is 3. The molecule has 0 aromatic heterocycles. The summed E-state index contributed by atoms with van der Waals surface area (Å²) >= 11 is 6.36. The molecule has 0 saturated carbocycles. The first-order valence-electron chi connectivity index (χ1n) is 19.5. The molecule has 1 fully saturated rings. The Morgan fingerprint density at radius 2 is 1.33 bits per heavy atom. The van der Waals surface area contributed by atoms with Gasteiger partial charge in [0.2, 0.25) is 0 Å². The van der Waals surface area contributed by atoms with Crippen LogP contribution >= 0.6 is 11.6 Å². The van der Waals surface area contributed by atoms with Gasteiger partial charge in [-0.25, -0.2) is 23.1 Å². The third-order valence-corrected chi connectivity index (χ3v) is 12.0. The first-order chi connectivity index (χ1) is 25.2. The number of aliphatic imine (C=N–C) groups is 1. The summed E-state index contributed by atoms with van der Waals surface area (Å²) in [4.78, 5) is 46.6. The molecule has 286 valence electrons. The number of amidine groups is 1. The lowest BCUT2D eigenvalue weighted by Gasteiger charge is -2.35. The maximum absolute atomic E-state index is 14.2. The number of cyclic esters (lactones) is 1.